The van der Waals surface area contributed by atoms with Crippen molar-refractivity contribution in [2.24, 2.45) is 0 Å². The topological polar surface area (TPSA) is 125 Å². The molecule has 0 saturated carbocycles. The lowest BCUT2D eigenvalue weighted by Gasteiger charge is -2.12. The third-order valence-corrected chi connectivity index (χ3v) is 3.24. The molecule has 0 rings (SSSR count). The number of hydrogen-bond acceptors (Lipinski definition) is 5. The van der Waals surface area contributed by atoms with Crippen LogP contribution in [-0.4, -0.2) is 53.0 Å². The van der Waals surface area contributed by atoms with E-state index in [-0.39, 0.29) is 12.2 Å². The summed E-state index contributed by atoms with van der Waals surface area (Å²) in [4.78, 5) is 44.3. The second-order valence-corrected chi connectivity index (χ2v) is 5.34. The number of amides is 4. The number of thioether (sulfide) groups is 1. The largest absolute Gasteiger partial charge is 0.480 e. The van der Waals surface area contributed by atoms with Crippen LogP contribution in [0.3, 0.4) is 0 Å². The Morgan fingerprint density at radius 3 is 2.43 bits per heavy atom. The van der Waals surface area contributed by atoms with E-state index in [0.717, 1.165) is 6.42 Å². The van der Waals surface area contributed by atoms with Gasteiger partial charge in [-0.05, 0) is 18.6 Å². The van der Waals surface area contributed by atoms with Crippen LogP contribution in [0.1, 0.15) is 26.7 Å². The summed E-state index contributed by atoms with van der Waals surface area (Å²) in [7, 11) is 0. The molecule has 0 aliphatic rings. The maximum Gasteiger partial charge on any atom is 0.326 e. The molecule has 0 bridgehead atoms. The summed E-state index contributed by atoms with van der Waals surface area (Å²) in [6.07, 6.45) is 0.977. The molecule has 0 saturated heterocycles. The van der Waals surface area contributed by atoms with E-state index < -0.39 is 29.9 Å². The van der Waals surface area contributed by atoms with Gasteiger partial charge in [0.1, 0.15) is 6.04 Å². The SMILES string of the molecule is CCCNC(=O)NC(=O)CSCCC(NC(C)=O)C(=O)O. The fraction of sp³-hybridized carbons (Fsp3) is 0.667. The fourth-order valence-electron chi connectivity index (χ4n) is 1.31. The Bertz CT molecular complexity index is 389. The highest BCUT2D eigenvalue weighted by Gasteiger charge is 2.18. The molecule has 1 unspecified atom stereocenters. The Morgan fingerprint density at radius 1 is 1.24 bits per heavy atom. The van der Waals surface area contributed by atoms with Crippen molar-refractivity contribution in [2.75, 3.05) is 18.1 Å². The molecule has 0 radical (unpaired) electrons. The van der Waals surface area contributed by atoms with Gasteiger partial charge in [0.25, 0.3) is 0 Å². The molecule has 4 amide bonds. The second-order valence-electron chi connectivity index (χ2n) is 4.24. The number of hydrogen-bond donors (Lipinski definition) is 4. The fourth-order valence-corrected chi connectivity index (χ4v) is 2.12. The van der Waals surface area contributed by atoms with Crippen LogP contribution in [0.4, 0.5) is 4.79 Å². The third kappa shape index (κ3) is 10.7. The van der Waals surface area contributed by atoms with Gasteiger partial charge in [0.15, 0.2) is 0 Å². The van der Waals surface area contributed by atoms with Crippen molar-refractivity contribution in [3.05, 3.63) is 0 Å². The minimum Gasteiger partial charge on any atom is -0.480 e. The quantitative estimate of drug-likeness (QED) is 0.441. The van der Waals surface area contributed by atoms with E-state index in [0.29, 0.717) is 12.3 Å². The molecule has 0 fully saturated rings. The number of rotatable bonds is 9. The molecule has 0 spiro atoms. The minimum absolute atomic E-state index is 0.0476. The van der Waals surface area contributed by atoms with Crippen LogP contribution in [0.2, 0.25) is 0 Å². The van der Waals surface area contributed by atoms with Crippen LogP contribution >= 0.6 is 11.8 Å². The van der Waals surface area contributed by atoms with Gasteiger partial charge in [-0.1, -0.05) is 6.92 Å². The van der Waals surface area contributed by atoms with E-state index >= 15 is 0 Å². The van der Waals surface area contributed by atoms with Crippen LogP contribution in [0, 0.1) is 0 Å². The molecule has 1 atom stereocenters. The lowest BCUT2D eigenvalue weighted by atomic mass is 10.2. The van der Waals surface area contributed by atoms with Gasteiger partial charge in [-0.3, -0.25) is 14.9 Å². The number of nitrogens with one attached hydrogen (secondary N) is 3. The summed E-state index contributed by atoms with van der Waals surface area (Å²) in [5.41, 5.74) is 0. The van der Waals surface area contributed by atoms with E-state index in [2.05, 4.69) is 16.0 Å². The first-order chi connectivity index (χ1) is 9.86. The summed E-state index contributed by atoms with van der Waals surface area (Å²) in [5, 5.41) is 15.8. The van der Waals surface area contributed by atoms with Gasteiger partial charge in [-0.25, -0.2) is 9.59 Å². The van der Waals surface area contributed by atoms with Crippen molar-refractivity contribution in [3.63, 3.8) is 0 Å². The zero-order valence-electron chi connectivity index (χ0n) is 12.1. The molecule has 0 aromatic heterocycles. The lowest BCUT2D eigenvalue weighted by Crippen LogP contribution is -2.41. The molecule has 8 nitrogen and oxygen atoms in total. The van der Waals surface area contributed by atoms with Gasteiger partial charge in [0.2, 0.25) is 11.8 Å². The number of carbonyl (C=O) groups excluding carboxylic acids is 3. The summed E-state index contributed by atoms with van der Waals surface area (Å²) >= 11 is 1.19. The number of carboxylic acid groups (broad SMARTS) is 1. The number of carbonyl (C=O) groups is 4. The van der Waals surface area contributed by atoms with Gasteiger partial charge in [-0.15, -0.1) is 0 Å². The van der Waals surface area contributed by atoms with Crippen LogP contribution in [0.15, 0.2) is 0 Å². The first-order valence-corrected chi connectivity index (χ1v) is 7.67. The van der Waals surface area contributed by atoms with Crippen molar-refractivity contribution >= 4 is 35.6 Å². The molecule has 0 aliphatic carbocycles. The van der Waals surface area contributed by atoms with Gasteiger partial charge < -0.3 is 15.7 Å². The number of carboxylic acids is 1. The predicted molar refractivity (Wildman–Crippen MR) is 79.0 cm³/mol. The first kappa shape index (κ1) is 19.2. The molecule has 0 heterocycles. The number of aliphatic carboxylic acids is 1. The Balaban J connectivity index is 3.86. The maximum absolute atomic E-state index is 11.4. The van der Waals surface area contributed by atoms with Crippen LogP contribution < -0.4 is 16.0 Å². The molecule has 21 heavy (non-hydrogen) atoms. The van der Waals surface area contributed by atoms with Gasteiger partial charge in [0.05, 0.1) is 5.75 Å². The molecule has 9 heteroatoms. The monoisotopic (exact) mass is 319 g/mol. The smallest absolute Gasteiger partial charge is 0.326 e. The Labute approximate surface area is 127 Å². The number of imide groups is 1. The van der Waals surface area contributed by atoms with E-state index in [1.165, 1.54) is 18.7 Å². The minimum atomic E-state index is -1.12. The Morgan fingerprint density at radius 2 is 1.90 bits per heavy atom. The highest BCUT2D eigenvalue weighted by Crippen LogP contribution is 2.05. The third-order valence-electron chi connectivity index (χ3n) is 2.25. The van der Waals surface area contributed by atoms with E-state index in [4.69, 9.17) is 5.11 Å². The van der Waals surface area contributed by atoms with Crippen molar-refractivity contribution in [1.29, 1.82) is 0 Å². The van der Waals surface area contributed by atoms with E-state index in [1.54, 1.807) is 0 Å². The van der Waals surface area contributed by atoms with Crippen LogP contribution in [0.5, 0.6) is 0 Å². The number of urea groups is 1. The zero-order valence-corrected chi connectivity index (χ0v) is 12.9. The lowest BCUT2D eigenvalue weighted by molar-refractivity contribution is -0.141. The van der Waals surface area contributed by atoms with Crippen molar-refractivity contribution in [1.82, 2.24) is 16.0 Å². The Hall–Kier alpha value is -1.77. The van der Waals surface area contributed by atoms with Gasteiger partial charge in [0, 0.05) is 13.5 Å². The van der Waals surface area contributed by atoms with Gasteiger partial charge >= 0.3 is 12.0 Å². The van der Waals surface area contributed by atoms with E-state index in [1.807, 2.05) is 6.92 Å². The molecule has 4 N–H and O–H groups in total. The highest BCUT2D eigenvalue weighted by atomic mass is 32.2. The summed E-state index contributed by atoms with van der Waals surface area (Å²) in [6.45, 7) is 3.63. The van der Waals surface area contributed by atoms with Crippen molar-refractivity contribution in [2.45, 2.75) is 32.7 Å². The summed E-state index contributed by atoms with van der Waals surface area (Å²) in [6, 6.07) is -1.50. The predicted octanol–water partition coefficient (Wildman–Crippen LogP) is -0.0652. The molecule has 120 valence electrons. The average Bonchev–Trinajstić information content (AvgIpc) is 2.39. The summed E-state index contributed by atoms with van der Waals surface area (Å²) in [5.74, 6) is -1.56. The summed E-state index contributed by atoms with van der Waals surface area (Å²) < 4.78 is 0. The second kappa shape index (κ2) is 11.0. The highest BCUT2D eigenvalue weighted by molar-refractivity contribution is 7.99. The first-order valence-electron chi connectivity index (χ1n) is 6.52. The standard InChI is InChI=1S/C12H21N3O5S/c1-3-5-13-12(20)15-10(17)7-21-6-4-9(11(18)19)14-8(2)16/h9H,3-7H2,1-2H3,(H,14,16)(H,18,19)(H2,13,15,17,20). The maximum atomic E-state index is 11.4. The molecule has 0 aromatic rings. The van der Waals surface area contributed by atoms with Crippen LogP contribution in [0.25, 0.3) is 0 Å². The molecule has 0 aliphatic heterocycles. The van der Waals surface area contributed by atoms with Crippen LogP contribution in [-0.2, 0) is 14.4 Å². The van der Waals surface area contributed by atoms with Gasteiger partial charge in [-0.2, -0.15) is 11.8 Å². The zero-order chi connectivity index (χ0) is 16.3. The molecular formula is C12H21N3O5S. The average molecular weight is 319 g/mol. The molecular weight excluding hydrogens is 298 g/mol. The normalized spacial score (nSPS) is 11.3. The van der Waals surface area contributed by atoms with Crippen molar-refractivity contribution < 1.29 is 24.3 Å². The molecule has 0 aromatic carbocycles. The van der Waals surface area contributed by atoms with E-state index in [9.17, 15) is 19.2 Å². The Kier molecular flexibility index (Phi) is 10.0. The van der Waals surface area contributed by atoms with Crippen molar-refractivity contribution in [3.8, 4) is 0 Å².